The zero-order valence-electron chi connectivity index (χ0n) is 19.6. The van der Waals surface area contributed by atoms with E-state index in [0.717, 1.165) is 63.7 Å². The number of alkyl halides is 6. The molecule has 2 aromatic rings. The van der Waals surface area contributed by atoms with E-state index in [0.29, 0.717) is 0 Å². The van der Waals surface area contributed by atoms with Crippen LogP contribution in [-0.4, -0.2) is 42.1 Å². The molecule has 14 heteroatoms. The van der Waals surface area contributed by atoms with Crippen LogP contribution in [0.2, 0.25) is 5.02 Å². The van der Waals surface area contributed by atoms with Crippen LogP contribution in [0, 0.1) is 5.41 Å². The molecule has 1 aliphatic heterocycles. The van der Waals surface area contributed by atoms with Crippen molar-refractivity contribution in [3.8, 4) is 0 Å². The van der Waals surface area contributed by atoms with Gasteiger partial charge in [-0.05, 0) is 62.2 Å². The number of rotatable bonds is 5. The standard InChI is InChI=1S/C23H20ClF6N3O3S/c1-4-36-19(34)21(2)12-32(31-18(21)13-5-10-16(17(24)11-13)23(28,29)30)20(35)33(37-3)15-8-6-14(7-9-15)22(25,26)27/h5-11H,4,12H2,1-3H3. The van der Waals surface area contributed by atoms with Gasteiger partial charge in [0.25, 0.3) is 0 Å². The molecule has 3 rings (SSSR count). The van der Waals surface area contributed by atoms with Gasteiger partial charge in [-0.3, -0.25) is 4.79 Å². The maximum absolute atomic E-state index is 13.3. The summed E-state index contributed by atoms with van der Waals surface area (Å²) >= 11 is 6.74. The minimum atomic E-state index is -4.71. The van der Waals surface area contributed by atoms with Gasteiger partial charge in [-0.25, -0.2) is 14.1 Å². The quantitative estimate of drug-likeness (QED) is 0.225. The first-order chi connectivity index (χ1) is 17.1. The van der Waals surface area contributed by atoms with Crippen LogP contribution in [0.1, 0.15) is 30.5 Å². The highest BCUT2D eigenvalue weighted by molar-refractivity contribution is 8.00. The Balaban J connectivity index is 2.02. The van der Waals surface area contributed by atoms with Crippen molar-refractivity contribution in [2.45, 2.75) is 26.2 Å². The van der Waals surface area contributed by atoms with E-state index in [1.165, 1.54) is 13.2 Å². The van der Waals surface area contributed by atoms with E-state index in [9.17, 15) is 35.9 Å². The van der Waals surface area contributed by atoms with E-state index in [2.05, 4.69) is 5.10 Å². The summed E-state index contributed by atoms with van der Waals surface area (Å²) in [5, 5.41) is 4.51. The van der Waals surface area contributed by atoms with Crippen LogP contribution < -0.4 is 4.31 Å². The predicted octanol–water partition coefficient (Wildman–Crippen LogP) is 6.87. The number of carbonyl (C=O) groups excluding carboxylic acids is 2. The maximum Gasteiger partial charge on any atom is 0.417 e. The largest absolute Gasteiger partial charge is 0.465 e. The summed E-state index contributed by atoms with van der Waals surface area (Å²) in [6.45, 7) is 2.64. The van der Waals surface area contributed by atoms with Crippen molar-refractivity contribution in [3.05, 3.63) is 64.2 Å². The molecule has 0 N–H and O–H groups in total. The Kier molecular flexibility index (Phi) is 8.08. The Hall–Kier alpha value is -2.93. The van der Waals surface area contributed by atoms with Crippen molar-refractivity contribution in [2.24, 2.45) is 10.5 Å². The smallest absolute Gasteiger partial charge is 0.417 e. The lowest BCUT2D eigenvalue weighted by molar-refractivity contribution is -0.150. The van der Waals surface area contributed by atoms with Gasteiger partial charge < -0.3 is 4.74 Å². The molecule has 1 aliphatic rings. The van der Waals surface area contributed by atoms with Crippen LogP contribution >= 0.6 is 23.5 Å². The molecule has 0 aromatic heterocycles. The molecule has 0 saturated heterocycles. The van der Waals surface area contributed by atoms with Gasteiger partial charge in [0.2, 0.25) is 0 Å². The van der Waals surface area contributed by atoms with E-state index in [-0.39, 0.29) is 30.1 Å². The second-order valence-corrected chi connectivity index (χ2v) is 9.19. The maximum atomic E-state index is 13.3. The highest BCUT2D eigenvalue weighted by Crippen LogP contribution is 2.39. The van der Waals surface area contributed by atoms with Crippen LogP contribution in [0.25, 0.3) is 0 Å². The number of carbonyl (C=O) groups is 2. The van der Waals surface area contributed by atoms with Crippen molar-refractivity contribution < 1.29 is 40.7 Å². The topological polar surface area (TPSA) is 62.2 Å². The van der Waals surface area contributed by atoms with Crippen molar-refractivity contribution in [3.63, 3.8) is 0 Å². The fraction of sp³-hybridized carbons (Fsp3) is 0.348. The van der Waals surface area contributed by atoms with Crippen molar-refractivity contribution in [1.29, 1.82) is 0 Å². The fourth-order valence-electron chi connectivity index (χ4n) is 3.66. The number of hydrogen-bond acceptors (Lipinski definition) is 5. The minimum absolute atomic E-state index is 0.00803. The molecule has 6 nitrogen and oxygen atoms in total. The third-order valence-corrected chi connectivity index (χ3v) is 6.53. The number of urea groups is 1. The molecular weight excluding hydrogens is 548 g/mol. The number of anilines is 1. The summed E-state index contributed by atoms with van der Waals surface area (Å²) < 4.78 is 84.5. The van der Waals surface area contributed by atoms with Crippen molar-refractivity contribution >= 4 is 46.9 Å². The van der Waals surface area contributed by atoms with Crippen LogP contribution in [0.15, 0.2) is 47.6 Å². The molecule has 1 heterocycles. The highest BCUT2D eigenvalue weighted by atomic mass is 35.5. The van der Waals surface area contributed by atoms with E-state index in [4.69, 9.17) is 16.3 Å². The summed E-state index contributed by atoms with van der Waals surface area (Å²) in [4.78, 5) is 26.2. The predicted molar refractivity (Wildman–Crippen MR) is 127 cm³/mol. The first-order valence-electron chi connectivity index (χ1n) is 10.6. The van der Waals surface area contributed by atoms with Crippen molar-refractivity contribution in [1.82, 2.24) is 5.01 Å². The molecule has 0 radical (unpaired) electrons. The molecule has 37 heavy (non-hydrogen) atoms. The Morgan fingerprint density at radius 2 is 1.73 bits per heavy atom. The first kappa shape index (κ1) is 28.6. The summed E-state index contributed by atoms with van der Waals surface area (Å²) in [5.74, 6) is -0.773. The Bertz CT molecular complexity index is 1220. The molecule has 2 amide bonds. The molecule has 1 unspecified atom stereocenters. The molecule has 1 atom stereocenters. The monoisotopic (exact) mass is 567 g/mol. The Morgan fingerprint density at radius 3 is 2.22 bits per heavy atom. The SMILES string of the molecule is CCOC(=O)C1(C)CN(C(=O)N(SC)c2ccc(C(F)(F)F)cc2)N=C1c1ccc(C(F)(F)F)c(Cl)c1. The molecule has 0 fully saturated rings. The second-order valence-electron chi connectivity index (χ2n) is 8.06. The van der Waals surface area contributed by atoms with Gasteiger partial charge in [-0.1, -0.05) is 17.7 Å². The van der Waals surface area contributed by atoms with Gasteiger partial charge in [0.05, 0.1) is 40.7 Å². The fourth-order valence-corrected chi connectivity index (χ4v) is 4.53. The van der Waals surface area contributed by atoms with Gasteiger partial charge in [0.1, 0.15) is 5.41 Å². The zero-order valence-corrected chi connectivity index (χ0v) is 21.1. The van der Waals surface area contributed by atoms with Crippen LogP contribution in [0.3, 0.4) is 0 Å². The van der Waals surface area contributed by atoms with Crippen LogP contribution in [0.4, 0.5) is 36.8 Å². The van der Waals surface area contributed by atoms with Crippen molar-refractivity contribution in [2.75, 3.05) is 23.7 Å². The minimum Gasteiger partial charge on any atom is -0.465 e. The van der Waals surface area contributed by atoms with E-state index >= 15 is 0 Å². The third kappa shape index (κ3) is 5.82. The van der Waals surface area contributed by atoms with Gasteiger partial charge in [0, 0.05) is 11.8 Å². The Morgan fingerprint density at radius 1 is 1.11 bits per heavy atom. The molecule has 0 aliphatic carbocycles. The number of amides is 2. The lowest BCUT2D eigenvalue weighted by Crippen LogP contribution is -2.43. The average Bonchev–Trinajstić information content (AvgIpc) is 3.17. The lowest BCUT2D eigenvalue weighted by atomic mass is 9.82. The van der Waals surface area contributed by atoms with Crippen LogP contribution in [-0.2, 0) is 21.9 Å². The summed E-state index contributed by atoms with van der Waals surface area (Å²) in [6.07, 6.45) is -7.76. The number of hydrogen-bond donors (Lipinski definition) is 0. The van der Waals surface area contributed by atoms with E-state index in [1.807, 2.05) is 0 Å². The second kappa shape index (κ2) is 10.4. The van der Waals surface area contributed by atoms with Gasteiger partial charge in [-0.2, -0.15) is 31.4 Å². The molecule has 0 bridgehead atoms. The molecule has 2 aromatic carbocycles. The number of benzene rings is 2. The molecule has 0 saturated carbocycles. The highest BCUT2D eigenvalue weighted by Gasteiger charge is 2.49. The summed E-state index contributed by atoms with van der Waals surface area (Å²) in [7, 11) is 0. The summed E-state index contributed by atoms with van der Waals surface area (Å²) in [5.41, 5.74) is -3.43. The summed E-state index contributed by atoms with van der Waals surface area (Å²) in [6, 6.07) is 5.88. The molecule has 0 spiro atoms. The van der Waals surface area contributed by atoms with Gasteiger partial charge in [-0.15, -0.1) is 0 Å². The molecule has 200 valence electrons. The van der Waals surface area contributed by atoms with Crippen LogP contribution in [0.5, 0.6) is 0 Å². The van der Waals surface area contributed by atoms with E-state index < -0.39 is 45.9 Å². The van der Waals surface area contributed by atoms with Gasteiger partial charge >= 0.3 is 24.4 Å². The number of nitrogens with zero attached hydrogens (tertiary/aromatic N) is 3. The lowest BCUT2D eigenvalue weighted by Gasteiger charge is -2.27. The van der Waals surface area contributed by atoms with E-state index in [1.54, 1.807) is 6.92 Å². The zero-order chi connectivity index (χ0) is 27.8. The number of esters is 1. The molecular formula is C23H20ClF6N3O3S. The normalized spacial score (nSPS) is 18.0. The van der Waals surface area contributed by atoms with Gasteiger partial charge in [0.15, 0.2) is 0 Å². The number of halogens is 7. The third-order valence-electron chi connectivity index (χ3n) is 5.49. The number of hydrazone groups is 1. The average molecular weight is 568 g/mol. The number of ether oxygens (including phenoxy) is 1. The Labute approximate surface area is 217 Å². The first-order valence-corrected chi connectivity index (χ1v) is 12.2.